The van der Waals surface area contributed by atoms with E-state index in [2.05, 4.69) is 13.8 Å². The minimum absolute atomic E-state index is 0.174. The molecule has 1 aliphatic rings. The predicted octanol–water partition coefficient (Wildman–Crippen LogP) is 2.58. The zero-order chi connectivity index (χ0) is 16.3. The fraction of sp³-hybridized carbons (Fsp3) is 0.500. The van der Waals surface area contributed by atoms with E-state index < -0.39 is 5.97 Å². The van der Waals surface area contributed by atoms with Crippen LogP contribution >= 0.6 is 11.6 Å². The molecule has 1 aromatic rings. The lowest BCUT2D eigenvalue weighted by Crippen LogP contribution is -2.44. The maximum Gasteiger partial charge on any atom is 0.340 e. The average molecular weight is 325 g/mol. The molecular formula is C16H21ClN2O3. The van der Waals surface area contributed by atoms with Crippen LogP contribution in [0.5, 0.6) is 0 Å². The van der Waals surface area contributed by atoms with Gasteiger partial charge in [0.2, 0.25) is 0 Å². The van der Waals surface area contributed by atoms with Crippen molar-refractivity contribution in [2.45, 2.75) is 20.3 Å². The van der Waals surface area contributed by atoms with Crippen molar-refractivity contribution in [3.63, 3.8) is 0 Å². The highest BCUT2D eigenvalue weighted by Gasteiger charge is 2.26. The third kappa shape index (κ3) is 4.13. The average Bonchev–Trinajstić information content (AvgIpc) is 2.45. The van der Waals surface area contributed by atoms with Gasteiger partial charge in [0.05, 0.1) is 5.56 Å². The summed E-state index contributed by atoms with van der Waals surface area (Å²) in [4.78, 5) is 25.9. The highest BCUT2D eigenvalue weighted by atomic mass is 35.5. The quantitative estimate of drug-likeness (QED) is 0.685. The molecule has 0 saturated carbocycles. The number of nitrogens with zero attached hydrogens (tertiary/aromatic N) is 1. The van der Waals surface area contributed by atoms with Crippen molar-refractivity contribution in [3.05, 3.63) is 28.8 Å². The van der Waals surface area contributed by atoms with Gasteiger partial charge in [-0.15, -0.1) is 0 Å². The lowest BCUT2D eigenvalue weighted by atomic mass is 9.92. The molecule has 0 spiro atoms. The monoisotopic (exact) mass is 324 g/mol. The molecule has 22 heavy (non-hydrogen) atoms. The number of anilines is 1. The fourth-order valence-electron chi connectivity index (χ4n) is 2.87. The molecule has 0 bridgehead atoms. The molecule has 1 saturated heterocycles. The number of likely N-dealkylation sites (tertiary alicyclic amines) is 1. The molecule has 0 aromatic heterocycles. The first kappa shape index (κ1) is 16.6. The van der Waals surface area contributed by atoms with Gasteiger partial charge >= 0.3 is 5.97 Å². The third-order valence-electron chi connectivity index (χ3n) is 3.78. The van der Waals surface area contributed by atoms with E-state index in [1.54, 1.807) is 11.0 Å². The number of nitrogen functional groups attached to an aromatic ring is 1. The third-order valence-corrected chi connectivity index (χ3v) is 4.02. The summed E-state index contributed by atoms with van der Waals surface area (Å²) in [6.07, 6.45) is 1.11. The van der Waals surface area contributed by atoms with Crippen molar-refractivity contribution in [1.82, 2.24) is 4.90 Å². The van der Waals surface area contributed by atoms with Crippen LogP contribution in [0.1, 0.15) is 30.6 Å². The molecule has 2 rings (SSSR count). The van der Waals surface area contributed by atoms with E-state index >= 15 is 0 Å². The van der Waals surface area contributed by atoms with Gasteiger partial charge < -0.3 is 15.4 Å². The number of amides is 1. The minimum Gasteiger partial charge on any atom is -0.452 e. The summed E-state index contributed by atoms with van der Waals surface area (Å²) in [5, 5.41) is 0.395. The summed E-state index contributed by atoms with van der Waals surface area (Å²) >= 11 is 5.84. The van der Waals surface area contributed by atoms with Crippen LogP contribution in [0.3, 0.4) is 0 Å². The van der Waals surface area contributed by atoms with Crippen LogP contribution < -0.4 is 5.73 Å². The fourth-order valence-corrected chi connectivity index (χ4v) is 3.04. The van der Waals surface area contributed by atoms with Crippen LogP contribution in [0.15, 0.2) is 18.2 Å². The number of nitrogens with two attached hydrogens (primary N) is 1. The first-order valence-corrected chi connectivity index (χ1v) is 7.74. The Kier molecular flexibility index (Phi) is 5.29. The zero-order valence-electron chi connectivity index (χ0n) is 12.8. The van der Waals surface area contributed by atoms with Crippen LogP contribution in [0.2, 0.25) is 5.02 Å². The molecule has 1 amide bonds. The smallest absolute Gasteiger partial charge is 0.340 e. The number of hydrogen-bond donors (Lipinski definition) is 1. The summed E-state index contributed by atoms with van der Waals surface area (Å²) in [5.74, 6) is 0.123. The number of hydrogen-bond acceptors (Lipinski definition) is 4. The summed E-state index contributed by atoms with van der Waals surface area (Å²) in [6.45, 7) is 5.38. The van der Waals surface area contributed by atoms with Gasteiger partial charge in [0.25, 0.3) is 5.91 Å². The van der Waals surface area contributed by atoms with E-state index in [9.17, 15) is 9.59 Å². The van der Waals surface area contributed by atoms with Crippen molar-refractivity contribution < 1.29 is 14.3 Å². The number of benzene rings is 1. The zero-order valence-corrected chi connectivity index (χ0v) is 13.6. The Balaban J connectivity index is 1.93. The van der Waals surface area contributed by atoms with Crippen LogP contribution in [-0.2, 0) is 9.53 Å². The Hall–Kier alpha value is -1.75. The van der Waals surface area contributed by atoms with E-state index in [0.29, 0.717) is 29.9 Å². The molecule has 1 heterocycles. The molecular weight excluding hydrogens is 304 g/mol. The van der Waals surface area contributed by atoms with Gasteiger partial charge in [0.1, 0.15) is 0 Å². The minimum atomic E-state index is -0.633. The molecule has 1 fully saturated rings. The largest absolute Gasteiger partial charge is 0.452 e. The number of esters is 1. The van der Waals surface area contributed by atoms with Crippen LogP contribution in [-0.4, -0.2) is 36.5 Å². The van der Waals surface area contributed by atoms with Gasteiger partial charge in [0, 0.05) is 23.8 Å². The molecule has 2 atom stereocenters. The number of rotatable bonds is 3. The van der Waals surface area contributed by atoms with E-state index in [1.165, 1.54) is 12.1 Å². The molecule has 6 heteroatoms. The molecule has 2 N–H and O–H groups in total. The van der Waals surface area contributed by atoms with Crippen LogP contribution in [0.4, 0.5) is 5.69 Å². The van der Waals surface area contributed by atoms with E-state index in [1.807, 2.05) is 0 Å². The second-order valence-electron chi connectivity index (χ2n) is 6.05. The maximum absolute atomic E-state index is 12.2. The van der Waals surface area contributed by atoms with Gasteiger partial charge in [-0.3, -0.25) is 4.79 Å². The van der Waals surface area contributed by atoms with E-state index in [0.717, 1.165) is 6.42 Å². The van der Waals surface area contributed by atoms with Crippen molar-refractivity contribution >= 4 is 29.2 Å². The Labute approximate surface area is 135 Å². The van der Waals surface area contributed by atoms with Crippen LogP contribution in [0.25, 0.3) is 0 Å². The SMILES string of the molecule is C[C@@H]1C[C@H](C)CN(C(=O)COC(=O)c2cc(Cl)ccc2N)C1. The van der Waals surface area contributed by atoms with Crippen molar-refractivity contribution in [2.24, 2.45) is 11.8 Å². The molecule has 5 nitrogen and oxygen atoms in total. The normalized spacial score (nSPS) is 21.5. The number of ether oxygens (including phenoxy) is 1. The first-order chi connectivity index (χ1) is 10.4. The lowest BCUT2D eigenvalue weighted by Gasteiger charge is -2.34. The van der Waals surface area contributed by atoms with Crippen molar-refractivity contribution in [2.75, 3.05) is 25.4 Å². The van der Waals surface area contributed by atoms with Gasteiger partial charge in [0.15, 0.2) is 6.61 Å². The molecule has 0 radical (unpaired) electrons. The standard InChI is InChI=1S/C16H21ClN2O3/c1-10-5-11(2)8-19(7-10)15(20)9-22-16(21)13-6-12(17)3-4-14(13)18/h3-4,6,10-11H,5,7-9,18H2,1-2H3/t10-,11+. The lowest BCUT2D eigenvalue weighted by molar-refractivity contribution is -0.137. The van der Waals surface area contributed by atoms with Crippen molar-refractivity contribution in [1.29, 1.82) is 0 Å². The first-order valence-electron chi connectivity index (χ1n) is 7.36. The Morgan fingerprint density at radius 1 is 1.32 bits per heavy atom. The summed E-state index contributed by atoms with van der Waals surface area (Å²) in [7, 11) is 0. The second-order valence-corrected chi connectivity index (χ2v) is 6.49. The molecule has 1 aliphatic heterocycles. The van der Waals surface area contributed by atoms with Crippen LogP contribution in [0, 0.1) is 11.8 Å². The van der Waals surface area contributed by atoms with Gasteiger partial charge in [-0.2, -0.15) is 0 Å². The highest BCUT2D eigenvalue weighted by molar-refractivity contribution is 6.31. The summed E-state index contributed by atoms with van der Waals surface area (Å²) in [6, 6.07) is 4.57. The summed E-state index contributed by atoms with van der Waals surface area (Å²) in [5.41, 5.74) is 6.18. The number of carbonyl (C=O) groups is 2. The van der Waals surface area contributed by atoms with Gasteiger partial charge in [-0.05, 0) is 36.5 Å². The molecule has 120 valence electrons. The van der Waals surface area contributed by atoms with Crippen molar-refractivity contribution in [3.8, 4) is 0 Å². The predicted molar refractivity (Wildman–Crippen MR) is 85.7 cm³/mol. The maximum atomic E-state index is 12.2. The summed E-state index contributed by atoms with van der Waals surface area (Å²) < 4.78 is 5.08. The van der Waals surface area contributed by atoms with E-state index in [4.69, 9.17) is 22.1 Å². The number of piperidine rings is 1. The Morgan fingerprint density at radius 3 is 2.59 bits per heavy atom. The Bertz CT molecular complexity index is 567. The number of carbonyl (C=O) groups excluding carboxylic acids is 2. The molecule has 0 unspecified atom stereocenters. The van der Waals surface area contributed by atoms with E-state index in [-0.39, 0.29) is 23.8 Å². The topological polar surface area (TPSA) is 72.6 Å². The second kappa shape index (κ2) is 7.01. The molecule has 0 aliphatic carbocycles. The van der Waals surface area contributed by atoms with Gasteiger partial charge in [-0.25, -0.2) is 4.79 Å². The van der Waals surface area contributed by atoms with Gasteiger partial charge in [-0.1, -0.05) is 25.4 Å². The number of halogens is 1. The highest BCUT2D eigenvalue weighted by Crippen LogP contribution is 2.21. The molecule has 1 aromatic carbocycles. The Morgan fingerprint density at radius 2 is 1.95 bits per heavy atom.